The molecule has 1 atom stereocenters. The number of carboxylic acid groups (broad SMARTS) is 1. The number of ether oxygens (including phenoxy) is 2. The second-order valence-corrected chi connectivity index (χ2v) is 6.94. The smallest absolute Gasteiger partial charge is 0.335 e. The number of anilines is 1. The zero-order valence-electron chi connectivity index (χ0n) is 16.8. The molecular formula is C24H22N2O4. The number of benzene rings is 3. The normalized spacial score (nSPS) is 15.6. The highest BCUT2D eigenvalue weighted by molar-refractivity contribution is 6.05. The summed E-state index contributed by atoms with van der Waals surface area (Å²) < 4.78 is 10.8. The average Bonchev–Trinajstić information content (AvgIpc) is 3.24. The van der Waals surface area contributed by atoms with Crippen molar-refractivity contribution in [3.8, 4) is 11.5 Å². The Morgan fingerprint density at radius 2 is 1.67 bits per heavy atom. The second kappa shape index (κ2) is 8.29. The Labute approximate surface area is 175 Å². The lowest BCUT2D eigenvalue weighted by molar-refractivity contribution is 0.0697. The summed E-state index contributed by atoms with van der Waals surface area (Å²) in [5.41, 5.74) is 4.02. The Bertz CT molecular complexity index is 1080. The quantitative estimate of drug-likeness (QED) is 0.644. The van der Waals surface area contributed by atoms with Gasteiger partial charge in [-0.3, -0.25) is 5.01 Å². The van der Waals surface area contributed by atoms with Crippen molar-refractivity contribution in [3.63, 3.8) is 0 Å². The molecule has 0 aliphatic carbocycles. The van der Waals surface area contributed by atoms with Crippen LogP contribution in [0.5, 0.6) is 11.5 Å². The molecule has 30 heavy (non-hydrogen) atoms. The molecule has 1 aliphatic rings. The number of carbonyl (C=O) groups is 1. The molecule has 0 spiro atoms. The minimum absolute atomic E-state index is 0.0357. The first kappa shape index (κ1) is 19.5. The lowest BCUT2D eigenvalue weighted by Crippen LogP contribution is -2.18. The molecule has 152 valence electrons. The maximum absolute atomic E-state index is 11.2. The van der Waals surface area contributed by atoms with E-state index in [9.17, 15) is 9.90 Å². The third kappa shape index (κ3) is 3.72. The van der Waals surface area contributed by atoms with Gasteiger partial charge in [-0.25, -0.2) is 4.79 Å². The molecule has 0 bridgehead atoms. The molecule has 3 aromatic carbocycles. The number of para-hydroxylation sites is 1. The number of hydrogen-bond acceptors (Lipinski definition) is 5. The largest absolute Gasteiger partial charge is 0.497 e. The van der Waals surface area contributed by atoms with Gasteiger partial charge >= 0.3 is 5.97 Å². The van der Waals surface area contributed by atoms with Crippen LogP contribution in [0.3, 0.4) is 0 Å². The van der Waals surface area contributed by atoms with Crippen LogP contribution in [0.15, 0.2) is 77.9 Å². The van der Waals surface area contributed by atoms with Crippen molar-refractivity contribution in [2.45, 2.75) is 12.5 Å². The summed E-state index contributed by atoms with van der Waals surface area (Å²) in [6.07, 6.45) is 0.688. The third-order valence-corrected chi connectivity index (χ3v) is 5.21. The fourth-order valence-corrected chi connectivity index (χ4v) is 3.64. The Morgan fingerprint density at radius 1 is 0.967 bits per heavy atom. The van der Waals surface area contributed by atoms with Gasteiger partial charge < -0.3 is 14.6 Å². The molecule has 3 aromatic rings. The van der Waals surface area contributed by atoms with E-state index in [0.717, 1.165) is 34.0 Å². The zero-order chi connectivity index (χ0) is 21.1. The van der Waals surface area contributed by atoms with Crippen LogP contribution < -0.4 is 14.5 Å². The highest BCUT2D eigenvalue weighted by atomic mass is 16.5. The van der Waals surface area contributed by atoms with E-state index in [2.05, 4.69) is 0 Å². The van der Waals surface area contributed by atoms with Gasteiger partial charge in [0.1, 0.15) is 11.5 Å². The van der Waals surface area contributed by atoms with E-state index in [1.54, 1.807) is 38.5 Å². The van der Waals surface area contributed by atoms with E-state index in [0.29, 0.717) is 6.42 Å². The van der Waals surface area contributed by atoms with Crippen LogP contribution in [0.4, 0.5) is 5.69 Å². The maximum atomic E-state index is 11.2. The number of aromatic carboxylic acids is 1. The van der Waals surface area contributed by atoms with Crippen molar-refractivity contribution in [1.82, 2.24) is 0 Å². The topological polar surface area (TPSA) is 71.4 Å². The van der Waals surface area contributed by atoms with Crippen LogP contribution in [-0.2, 0) is 0 Å². The molecule has 6 heteroatoms. The highest BCUT2D eigenvalue weighted by Gasteiger charge is 2.31. The predicted octanol–water partition coefficient (Wildman–Crippen LogP) is 4.76. The molecular weight excluding hydrogens is 380 g/mol. The maximum Gasteiger partial charge on any atom is 0.335 e. The van der Waals surface area contributed by atoms with Crippen LogP contribution in [0.2, 0.25) is 0 Å². The van der Waals surface area contributed by atoms with Gasteiger partial charge in [0.05, 0.1) is 37.2 Å². The first-order valence-corrected chi connectivity index (χ1v) is 9.58. The first-order chi connectivity index (χ1) is 14.6. The molecule has 0 aromatic heterocycles. The number of hydrazone groups is 1. The standard InChI is InChI=1S/C24H22N2O4/c1-29-19-13-9-16(10-14-19)22-15-21(20-5-3-4-6-23(20)30-2)25-26(22)18-11-7-17(8-12-18)24(27)28/h3-14,22H,15H2,1-2H3,(H,27,28). The van der Waals surface area contributed by atoms with Crippen molar-refractivity contribution in [1.29, 1.82) is 0 Å². The molecule has 4 rings (SSSR count). The molecule has 0 fully saturated rings. The fourth-order valence-electron chi connectivity index (χ4n) is 3.64. The summed E-state index contributed by atoms with van der Waals surface area (Å²) in [6.45, 7) is 0. The minimum atomic E-state index is -0.951. The van der Waals surface area contributed by atoms with Gasteiger partial charge in [-0.05, 0) is 54.1 Å². The van der Waals surface area contributed by atoms with E-state index < -0.39 is 5.97 Å². The Kier molecular flexibility index (Phi) is 5.39. The molecule has 1 N–H and O–H groups in total. The van der Waals surface area contributed by atoms with Gasteiger partial charge in [0.25, 0.3) is 0 Å². The number of methoxy groups -OCH3 is 2. The average molecular weight is 402 g/mol. The van der Waals surface area contributed by atoms with Gasteiger partial charge in [-0.1, -0.05) is 24.3 Å². The van der Waals surface area contributed by atoms with Gasteiger partial charge in [0.15, 0.2) is 0 Å². The Hall–Kier alpha value is -3.80. The lowest BCUT2D eigenvalue weighted by Gasteiger charge is -2.24. The summed E-state index contributed by atoms with van der Waals surface area (Å²) in [7, 11) is 3.29. The summed E-state index contributed by atoms with van der Waals surface area (Å²) in [6, 6.07) is 22.5. The number of nitrogens with zero attached hydrogens (tertiary/aromatic N) is 2. The number of carboxylic acids is 1. The molecule has 1 heterocycles. The van der Waals surface area contributed by atoms with Gasteiger partial charge in [-0.2, -0.15) is 5.10 Å². The fraction of sp³-hybridized carbons (Fsp3) is 0.167. The lowest BCUT2D eigenvalue weighted by atomic mass is 9.97. The van der Waals surface area contributed by atoms with Crippen LogP contribution >= 0.6 is 0 Å². The number of hydrogen-bond donors (Lipinski definition) is 1. The SMILES string of the molecule is COc1ccc(C2CC(c3ccccc3OC)=NN2c2ccc(C(=O)O)cc2)cc1. The van der Waals surface area contributed by atoms with Gasteiger partial charge in [0, 0.05) is 12.0 Å². The summed E-state index contributed by atoms with van der Waals surface area (Å²) in [5, 5.41) is 16.0. The Morgan fingerprint density at radius 3 is 2.30 bits per heavy atom. The third-order valence-electron chi connectivity index (χ3n) is 5.21. The van der Waals surface area contributed by atoms with Crippen LogP contribution in [0, 0.1) is 0 Å². The van der Waals surface area contributed by atoms with Crippen molar-refractivity contribution in [3.05, 3.63) is 89.5 Å². The number of rotatable bonds is 6. The molecule has 0 radical (unpaired) electrons. The highest BCUT2D eigenvalue weighted by Crippen LogP contribution is 2.38. The minimum Gasteiger partial charge on any atom is -0.497 e. The molecule has 6 nitrogen and oxygen atoms in total. The Balaban J connectivity index is 1.75. The van der Waals surface area contributed by atoms with Gasteiger partial charge in [0.2, 0.25) is 0 Å². The second-order valence-electron chi connectivity index (χ2n) is 6.94. The molecule has 0 saturated heterocycles. The monoisotopic (exact) mass is 402 g/mol. The van der Waals surface area contributed by atoms with Crippen molar-refractivity contribution in [2.75, 3.05) is 19.2 Å². The van der Waals surface area contributed by atoms with Crippen LogP contribution in [0.1, 0.15) is 33.9 Å². The summed E-state index contributed by atoms with van der Waals surface area (Å²) in [5.74, 6) is 0.612. The van der Waals surface area contributed by atoms with E-state index in [1.165, 1.54) is 0 Å². The molecule has 0 saturated carbocycles. The first-order valence-electron chi connectivity index (χ1n) is 9.58. The van der Waals surface area contributed by atoms with Crippen LogP contribution in [-0.4, -0.2) is 31.0 Å². The summed E-state index contributed by atoms with van der Waals surface area (Å²) in [4.78, 5) is 11.2. The van der Waals surface area contributed by atoms with E-state index >= 15 is 0 Å². The van der Waals surface area contributed by atoms with E-state index in [-0.39, 0.29) is 11.6 Å². The molecule has 1 aliphatic heterocycles. The van der Waals surface area contributed by atoms with E-state index in [4.69, 9.17) is 14.6 Å². The van der Waals surface area contributed by atoms with Crippen molar-refractivity contribution in [2.24, 2.45) is 5.10 Å². The summed E-state index contributed by atoms with van der Waals surface area (Å²) >= 11 is 0. The predicted molar refractivity (Wildman–Crippen MR) is 116 cm³/mol. The molecule has 1 unspecified atom stereocenters. The van der Waals surface area contributed by atoms with Crippen molar-refractivity contribution >= 4 is 17.4 Å². The van der Waals surface area contributed by atoms with E-state index in [1.807, 2.05) is 53.5 Å². The van der Waals surface area contributed by atoms with Gasteiger partial charge in [-0.15, -0.1) is 0 Å². The van der Waals surface area contributed by atoms with Crippen molar-refractivity contribution < 1.29 is 19.4 Å². The zero-order valence-corrected chi connectivity index (χ0v) is 16.8. The van der Waals surface area contributed by atoms with Crippen LogP contribution in [0.25, 0.3) is 0 Å². The molecule has 0 amide bonds.